The van der Waals surface area contributed by atoms with Gasteiger partial charge in [0.05, 0.1) is 57.0 Å². The minimum atomic E-state index is -1.81. The number of fused-ring (bicyclic) bond motifs is 1. The number of carbonyl (C=O) groups is 1. The average Bonchev–Trinajstić information content (AvgIpc) is 3.96. The van der Waals surface area contributed by atoms with Crippen LogP contribution in [0.15, 0.2) is 33.1 Å². The average molecular weight is 914 g/mol. The number of anilines is 1. The second-order valence-corrected chi connectivity index (χ2v) is 18.0. The summed E-state index contributed by atoms with van der Waals surface area (Å²) in [5.41, 5.74) is -0.345. The van der Waals surface area contributed by atoms with Crippen LogP contribution >= 0.6 is 8.53 Å². The van der Waals surface area contributed by atoms with Crippen molar-refractivity contribution in [2.24, 2.45) is 5.92 Å². The van der Waals surface area contributed by atoms with Gasteiger partial charge in [-0.1, -0.05) is 26.0 Å². The molecule has 1 amide bonds. The van der Waals surface area contributed by atoms with Crippen LogP contribution in [0.25, 0.3) is 11.2 Å². The molecule has 0 bridgehead atoms. The molecule has 3 N–H and O–H groups in total. The highest BCUT2D eigenvalue weighted by atomic mass is 31.2. The smallest absolute Gasteiger partial charge is 0.330 e. The van der Waals surface area contributed by atoms with E-state index in [0.717, 1.165) is 0 Å². The molecule has 7 atom stereocenters. The lowest BCUT2D eigenvalue weighted by atomic mass is 10.1. The molecule has 2 aliphatic heterocycles. The third-order valence-electron chi connectivity index (χ3n) is 10.7. The fourth-order valence-corrected chi connectivity index (χ4v) is 9.36. The second-order valence-electron chi connectivity index (χ2n) is 16.6. The lowest BCUT2D eigenvalue weighted by Gasteiger charge is -2.38. The zero-order valence-electron chi connectivity index (χ0n) is 37.8. The number of nitrogens with zero attached hydrogens (tertiary/aromatic N) is 10. The number of imidazole rings is 1. The van der Waals surface area contributed by atoms with E-state index in [2.05, 4.69) is 51.2 Å². The highest BCUT2D eigenvalue weighted by Crippen LogP contribution is 2.51. The monoisotopic (exact) mass is 913 g/mol. The van der Waals surface area contributed by atoms with Gasteiger partial charge in [0.1, 0.15) is 18.3 Å². The predicted molar refractivity (Wildman–Crippen MR) is 233 cm³/mol. The highest BCUT2D eigenvalue weighted by molar-refractivity contribution is 7.44. The van der Waals surface area contributed by atoms with Gasteiger partial charge < -0.3 is 28.0 Å². The number of morpholine rings is 1. The Bertz CT molecular complexity index is 2400. The Morgan fingerprint density at radius 2 is 1.80 bits per heavy atom. The number of ether oxygens (including phenoxy) is 4. The van der Waals surface area contributed by atoms with E-state index < -0.39 is 56.1 Å². The minimum absolute atomic E-state index is 0.0117. The highest BCUT2D eigenvalue weighted by Gasteiger charge is 2.50. The molecule has 0 spiro atoms. The molecule has 2 unspecified atom stereocenters. The fourth-order valence-electron chi connectivity index (χ4n) is 7.60. The summed E-state index contributed by atoms with van der Waals surface area (Å²) in [7, 11) is -0.250. The van der Waals surface area contributed by atoms with Crippen LogP contribution in [0.5, 0.6) is 0 Å². The van der Waals surface area contributed by atoms with Crippen LogP contribution in [0, 0.1) is 24.2 Å². The number of rotatable bonds is 21. The second kappa shape index (κ2) is 21.9. The van der Waals surface area contributed by atoms with Crippen LogP contribution in [-0.4, -0.2) is 136 Å². The summed E-state index contributed by atoms with van der Waals surface area (Å²) < 4.78 is 45.2. The molecule has 0 aromatic carbocycles. The summed E-state index contributed by atoms with van der Waals surface area (Å²) in [5.74, 6) is -0.768. The molecule has 24 heteroatoms. The van der Waals surface area contributed by atoms with Crippen molar-refractivity contribution in [1.82, 2.24) is 53.6 Å². The summed E-state index contributed by atoms with van der Waals surface area (Å²) in [6.07, 6.45) is 1.35. The molecule has 64 heavy (non-hydrogen) atoms. The Kier molecular flexibility index (Phi) is 16.7. The summed E-state index contributed by atoms with van der Waals surface area (Å²) in [6, 6.07) is 2.12. The largest absolute Gasteiger partial charge is 0.382 e. The molecule has 2 saturated heterocycles. The van der Waals surface area contributed by atoms with Crippen LogP contribution in [0.4, 0.5) is 5.95 Å². The predicted octanol–water partition coefficient (Wildman–Crippen LogP) is 2.56. The van der Waals surface area contributed by atoms with Crippen molar-refractivity contribution < 1.29 is 32.8 Å². The molecular weight excluding hydrogens is 853 g/mol. The molecule has 4 aromatic rings. The number of carbonyl (C=O) groups excluding carboxylic acids is 1. The standard InChI is InChI=1S/C40H60N13O10P/c1-10-28-19-49(21-30(61-28)51-16-26(8)36(55)46-40(51)57)17-27-18-50(48-47-27)20-29-32(63-64(60-13-11-12-41)53(24(4)5)25(6)7)33(59-15-14-58-9)38(62-29)52-22-42-31-34(52)43-39(45-37(31)56)44-35(54)23(2)3/h16,18,22-25,28-30,32-33,38H,10-11,13-15,17,19-21H2,1-9H3,(H,46,55,57)(H2,43,44,45,54,56)/t28-,29-,30-,32?,33+,38-,64?/m1/s1. The van der Waals surface area contributed by atoms with Gasteiger partial charge in [-0.2, -0.15) is 10.2 Å². The number of hydrogen-bond acceptors (Lipinski definition) is 17. The Labute approximate surface area is 371 Å². The Morgan fingerprint density at radius 1 is 1.03 bits per heavy atom. The van der Waals surface area contributed by atoms with Crippen LogP contribution in [0.3, 0.4) is 0 Å². The van der Waals surface area contributed by atoms with Gasteiger partial charge in [-0.15, -0.1) is 5.10 Å². The first kappa shape index (κ1) is 48.7. The molecule has 6 heterocycles. The van der Waals surface area contributed by atoms with Crippen molar-refractivity contribution in [3.8, 4) is 6.07 Å². The van der Waals surface area contributed by atoms with E-state index in [0.29, 0.717) is 37.3 Å². The summed E-state index contributed by atoms with van der Waals surface area (Å²) in [5, 5.41) is 21.1. The number of methoxy groups -OCH3 is 1. The summed E-state index contributed by atoms with van der Waals surface area (Å²) >= 11 is 0. The van der Waals surface area contributed by atoms with E-state index >= 15 is 0 Å². The zero-order valence-corrected chi connectivity index (χ0v) is 38.7. The number of aromatic amines is 2. The van der Waals surface area contributed by atoms with Gasteiger partial charge in [0.15, 0.2) is 23.6 Å². The van der Waals surface area contributed by atoms with E-state index in [1.807, 2.05) is 40.8 Å². The van der Waals surface area contributed by atoms with Crippen molar-refractivity contribution in [2.45, 2.75) is 130 Å². The third-order valence-corrected chi connectivity index (χ3v) is 12.8. The fraction of sp³-hybridized carbons (Fsp3) is 0.675. The Hall–Kier alpha value is -4.76. The van der Waals surface area contributed by atoms with Gasteiger partial charge in [-0.05, 0) is 41.0 Å². The van der Waals surface area contributed by atoms with Gasteiger partial charge in [0, 0.05) is 62.7 Å². The molecule has 0 aliphatic carbocycles. The first-order valence-electron chi connectivity index (χ1n) is 21.5. The molecule has 2 fully saturated rings. The third kappa shape index (κ3) is 11.5. The number of aryl methyl sites for hydroxylation is 1. The lowest BCUT2D eigenvalue weighted by molar-refractivity contribution is -0.125. The maximum Gasteiger partial charge on any atom is 0.330 e. The number of nitriles is 1. The van der Waals surface area contributed by atoms with Gasteiger partial charge in [0.2, 0.25) is 11.9 Å². The number of hydrogen-bond donors (Lipinski definition) is 3. The summed E-state index contributed by atoms with van der Waals surface area (Å²) in [6.45, 7) is 17.2. The molecule has 350 valence electrons. The van der Waals surface area contributed by atoms with Gasteiger partial charge in [-0.25, -0.2) is 19.1 Å². The van der Waals surface area contributed by atoms with Crippen molar-refractivity contribution in [1.29, 1.82) is 5.26 Å². The molecule has 0 radical (unpaired) electrons. The zero-order chi connectivity index (χ0) is 46.2. The van der Waals surface area contributed by atoms with Crippen molar-refractivity contribution in [3.63, 3.8) is 0 Å². The van der Waals surface area contributed by atoms with Crippen molar-refractivity contribution >= 4 is 31.5 Å². The first-order valence-corrected chi connectivity index (χ1v) is 22.6. The van der Waals surface area contributed by atoms with E-state index in [-0.39, 0.29) is 79.9 Å². The quantitative estimate of drug-likeness (QED) is 0.0801. The van der Waals surface area contributed by atoms with E-state index in [4.69, 9.17) is 28.0 Å². The summed E-state index contributed by atoms with van der Waals surface area (Å²) in [4.78, 5) is 66.9. The number of nitrogens with one attached hydrogen (secondary N) is 3. The Morgan fingerprint density at radius 3 is 2.48 bits per heavy atom. The van der Waals surface area contributed by atoms with Gasteiger partial charge in [0.25, 0.3) is 19.6 Å². The first-order chi connectivity index (χ1) is 30.6. The Balaban J connectivity index is 1.35. The van der Waals surface area contributed by atoms with Crippen molar-refractivity contribution in [2.75, 3.05) is 45.3 Å². The molecule has 6 rings (SSSR count). The minimum Gasteiger partial charge on any atom is -0.382 e. The van der Waals surface area contributed by atoms with Crippen LogP contribution in [-0.2, 0) is 45.9 Å². The maximum absolute atomic E-state index is 13.3. The van der Waals surface area contributed by atoms with Crippen LogP contribution in [0.1, 0.15) is 85.0 Å². The topological polar surface area (TPSA) is 264 Å². The normalized spacial score (nSPS) is 22.3. The van der Waals surface area contributed by atoms with Crippen LogP contribution in [0.2, 0.25) is 0 Å². The lowest BCUT2D eigenvalue weighted by Crippen LogP contribution is -2.48. The molecule has 23 nitrogen and oxygen atoms in total. The van der Waals surface area contributed by atoms with E-state index in [9.17, 15) is 24.4 Å². The van der Waals surface area contributed by atoms with E-state index in [1.54, 1.807) is 37.1 Å². The number of amides is 1. The van der Waals surface area contributed by atoms with Gasteiger partial charge in [-0.3, -0.25) is 43.7 Å². The van der Waals surface area contributed by atoms with E-state index in [1.165, 1.54) is 17.1 Å². The molecule has 4 aromatic heterocycles. The van der Waals surface area contributed by atoms with Crippen LogP contribution < -0.4 is 22.1 Å². The number of aromatic nitrogens is 9. The number of H-pyrrole nitrogens is 2. The van der Waals surface area contributed by atoms with Crippen molar-refractivity contribution in [3.05, 3.63) is 61.2 Å². The van der Waals surface area contributed by atoms with Gasteiger partial charge >= 0.3 is 5.69 Å². The molecule has 0 saturated carbocycles. The maximum atomic E-state index is 13.3. The molecular formula is C40H60N13O10P. The SMILES string of the molecule is CC[C@@H]1CN(Cc2cn(C[C@H]3O[C@@H](n4cnc5c(=O)[nH]c(NC(=O)C(C)C)nc54)[C@@H](OCCOC)C3OP(OCCC#N)N(C(C)C)C(C)C)nn2)C[C@H](n2cc(C)c(=O)[nH]c2=O)O1. The molecule has 2 aliphatic rings.